The van der Waals surface area contributed by atoms with Crippen LogP contribution in [0.15, 0.2) is 18.2 Å². The van der Waals surface area contributed by atoms with E-state index in [-0.39, 0.29) is 6.10 Å². The van der Waals surface area contributed by atoms with Crippen LogP contribution in [0, 0.1) is 5.92 Å². The summed E-state index contributed by atoms with van der Waals surface area (Å²) < 4.78 is 11.3. The number of hydrogen-bond donors (Lipinski definition) is 1. The number of ether oxygens (including phenoxy) is 2. The van der Waals surface area contributed by atoms with Gasteiger partial charge in [-0.3, -0.25) is 0 Å². The van der Waals surface area contributed by atoms with Crippen LogP contribution in [-0.4, -0.2) is 12.7 Å². The second kappa shape index (κ2) is 5.30. The summed E-state index contributed by atoms with van der Waals surface area (Å²) >= 11 is 0. The van der Waals surface area contributed by atoms with Crippen LogP contribution in [0.25, 0.3) is 0 Å². The van der Waals surface area contributed by atoms with Crippen LogP contribution >= 0.6 is 0 Å². The van der Waals surface area contributed by atoms with Gasteiger partial charge in [0.25, 0.3) is 0 Å². The first kappa shape index (κ1) is 12.1. The lowest BCUT2D eigenvalue weighted by Gasteiger charge is -2.15. The monoisotopic (exact) mass is 235 g/mol. The maximum Gasteiger partial charge on any atom is 0.146 e. The number of rotatable bonds is 6. The fourth-order valence-electron chi connectivity index (χ4n) is 1.75. The normalized spacial score (nSPS) is 15.0. The molecule has 1 aromatic carbocycles. The molecule has 1 aliphatic rings. The lowest BCUT2D eigenvalue weighted by Crippen LogP contribution is -2.08. The van der Waals surface area contributed by atoms with Crippen LogP contribution in [0.3, 0.4) is 0 Å². The zero-order valence-electron chi connectivity index (χ0n) is 10.6. The summed E-state index contributed by atoms with van der Waals surface area (Å²) in [6.45, 7) is 4.72. The number of nitrogens with two attached hydrogens (primary N) is 1. The van der Waals surface area contributed by atoms with E-state index in [1.54, 1.807) is 0 Å². The quantitative estimate of drug-likeness (QED) is 0.770. The summed E-state index contributed by atoms with van der Waals surface area (Å²) in [4.78, 5) is 0. The van der Waals surface area contributed by atoms with Gasteiger partial charge in [0.2, 0.25) is 0 Å². The Morgan fingerprint density at radius 2 is 2.00 bits per heavy atom. The maximum absolute atomic E-state index is 6.01. The van der Waals surface area contributed by atoms with Gasteiger partial charge in [0.1, 0.15) is 17.2 Å². The molecule has 3 heteroatoms. The van der Waals surface area contributed by atoms with Gasteiger partial charge in [-0.1, -0.05) is 18.9 Å². The van der Waals surface area contributed by atoms with E-state index in [2.05, 4.69) is 0 Å². The highest BCUT2D eigenvalue weighted by atomic mass is 16.5. The largest absolute Gasteiger partial charge is 0.491 e. The fourth-order valence-corrected chi connectivity index (χ4v) is 1.75. The third-order valence-corrected chi connectivity index (χ3v) is 2.87. The lowest BCUT2D eigenvalue weighted by atomic mass is 10.2. The molecule has 1 aliphatic carbocycles. The Labute approximate surface area is 103 Å². The second-order valence-corrected chi connectivity index (χ2v) is 4.92. The standard InChI is InChI=1S/C14H21NO2/c1-10(2)17-13-5-3-4-12(14(13)15)16-9-8-11-6-7-11/h3-5,10-11H,6-9,15H2,1-2H3. The Balaban J connectivity index is 1.95. The Kier molecular flexibility index (Phi) is 3.77. The topological polar surface area (TPSA) is 44.5 Å². The average Bonchev–Trinajstić information content (AvgIpc) is 3.07. The SMILES string of the molecule is CC(C)Oc1cccc(OCCC2CC2)c1N. The van der Waals surface area contributed by atoms with Gasteiger partial charge in [0, 0.05) is 0 Å². The second-order valence-electron chi connectivity index (χ2n) is 4.92. The molecule has 0 radical (unpaired) electrons. The maximum atomic E-state index is 6.01. The molecule has 1 aromatic rings. The van der Waals surface area contributed by atoms with Gasteiger partial charge >= 0.3 is 0 Å². The van der Waals surface area contributed by atoms with Crippen molar-refractivity contribution in [1.29, 1.82) is 0 Å². The number of para-hydroxylation sites is 1. The Hall–Kier alpha value is -1.38. The molecule has 3 nitrogen and oxygen atoms in total. The zero-order chi connectivity index (χ0) is 12.3. The van der Waals surface area contributed by atoms with Crippen molar-refractivity contribution in [2.24, 2.45) is 5.92 Å². The van der Waals surface area contributed by atoms with Crippen LogP contribution in [0.2, 0.25) is 0 Å². The van der Waals surface area contributed by atoms with E-state index >= 15 is 0 Å². The average molecular weight is 235 g/mol. The third-order valence-electron chi connectivity index (χ3n) is 2.87. The molecule has 1 saturated carbocycles. The first-order valence-electron chi connectivity index (χ1n) is 6.34. The molecular formula is C14H21NO2. The molecule has 0 aliphatic heterocycles. The van der Waals surface area contributed by atoms with Crippen molar-refractivity contribution in [3.8, 4) is 11.5 Å². The van der Waals surface area contributed by atoms with Crippen molar-refractivity contribution in [3.05, 3.63) is 18.2 Å². The highest BCUT2D eigenvalue weighted by Crippen LogP contribution is 2.34. The minimum atomic E-state index is 0.124. The molecule has 2 rings (SSSR count). The molecule has 0 aromatic heterocycles. The van der Waals surface area contributed by atoms with Crippen LogP contribution in [-0.2, 0) is 0 Å². The molecule has 17 heavy (non-hydrogen) atoms. The molecule has 0 unspecified atom stereocenters. The van der Waals surface area contributed by atoms with Crippen LogP contribution < -0.4 is 15.2 Å². The Morgan fingerprint density at radius 1 is 1.29 bits per heavy atom. The molecular weight excluding hydrogens is 214 g/mol. The summed E-state index contributed by atoms with van der Waals surface area (Å²) in [6, 6.07) is 5.69. The van der Waals surface area contributed by atoms with Gasteiger partial charge in [-0.05, 0) is 38.3 Å². The summed E-state index contributed by atoms with van der Waals surface area (Å²) in [5, 5.41) is 0. The van der Waals surface area contributed by atoms with Gasteiger partial charge < -0.3 is 15.2 Å². The van der Waals surface area contributed by atoms with Crippen molar-refractivity contribution in [2.45, 2.75) is 39.2 Å². The van der Waals surface area contributed by atoms with E-state index in [0.717, 1.165) is 24.7 Å². The van der Waals surface area contributed by atoms with E-state index in [1.165, 1.54) is 12.8 Å². The Bertz CT molecular complexity index is 372. The van der Waals surface area contributed by atoms with Crippen molar-refractivity contribution in [1.82, 2.24) is 0 Å². The van der Waals surface area contributed by atoms with Crippen molar-refractivity contribution in [3.63, 3.8) is 0 Å². The molecule has 0 atom stereocenters. The van der Waals surface area contributed by atoms with Crippen LogP contribution in [0.5, 0.6) is 11.5 Å². The van der Waals surface area contributed by atoms with Gasteiger partial charge in [0.05, 0.1) is 12.7 Å². The first-order chi connectivity index (χ1) is 8.16. The van der Waals surface area contributed by atoms with E-state index in [4.69, 9.17) is 15.2 Å². The predicted molar refractivity (Wildman–Crippen MR) is 69.5 cm³/mol. The molecule has 1 fully saturated rings. The lowest BCUT2D eigenvalue weighted by molar-refractivity contribution is 0.241. The molecule has 2 N–H and O–H groups in total. The molecule has 0 spiro atoms. The molecule has 94 valence electrons. The van der Waals surface area contributed by atoms with Crippen molar-refractivity contribution in [2.75, 3.05) is 12.3 Å². The first-order valence-corrected chi connectivity index (χ1v) is 6.34. The minimum absolute atomic E-state index is 0.124. The van der Waals surface area contributed by atoms with Crippen LogP contribution in [0.4, 0.5) is 5.69 Å². The summed E-state index contributed by atoms with van der Waals surface area (Å²) in [5.74, 6) is 2.33. The summed E-state index contributed by atoms with van der Waals surface area (Å²) in [6.07, 6.45) is 3.97. The van der Waals surface area contributed by atoms with E-state index < -0.39 is 0 Å². The smallest absolute Gasteiger partial charge is 0.146 e. The molecule has 0 heterocycles. The number of nitrogen functional groups attached to an aromatic ring is 1. The minimum Gasteiger partial charge on any atom is -0.491 e. The summed E-state index contributed by atoms with van der Waals surface area (Å²) in [7, 11) is 0. The van der Waals surface area contributed by atoms with Gasteiger partial charge in [-0.15, -0.1) is 0 Å². The van der Waals surface area contributed by atoms with Gasteiger partial charge in [-0.2, -0.15) is 0 Å². The third kappa shape index (κ3) is 3.55. The van der Waals surface area contributed by atoms with Gasteiger partial charge in [-0.25, -0.2) is 0 Å². The predicted octanol–water partition coefficient (Wildman–Crippen LogP) is 3.23. The summed E-state index contributed by atoms with van der Waals surface area (Å²) in [5.41, 5.74) is 6.62. The van der Waals surface area contributed by atoms with Crippen LogP contribution in [0.1, 0.15) is 33.1 Å². The van der Waals surface area contributed by atoms with Crippen molar-refractivity contribution >= 4 is 5.69 Å². The van der Waals surface area contributed by atoms with E-state index in [1.807, 2.05) is 32.0 Å². The van der Waals surface area contributed by atoms with Gasteiger partial charge in [0.15, 0.2) is 0 Å². The van der Waals surface area contributed by atoms with E-state index in [9.17, 15) is 0 Å². The molecule has 0 amide bonds. The van der Waals surface area contributed by atoms with E-state index in [0.29, 0.717) is 11.4 Å². The highest BCUT2D eigenvalue weighted by molar-refractivity contribution is 5.62. The van der Waals surface area contributed by atoms with Crippen molar-refractivity contribution < 1.29 is 9.47 Å². The fraction of sp³-hybridized carbons (Fsp3) is 0.571. The number of benzene rings is 1. The highest BCUT2D eigenvalue weighted by Gasteiger charge is 2.21. The molecule has 0 saturated heterocycles. The number of anilines is 1. The molecule has 0 bridgehead atoms. The Morgan fingerprint density at radius 3 is 2.65 bits per heavy atom. The number of hydrogen-bond acceptors (Lipinski definition) is 3. The zero-order valence-corrected chi connectivity index (χ0v) is 10.6.